The molecule has 0 aliphatic heterocycles. The van der Waals surface area contributed by atoms with E-state index in [2.05, 4.69) is 9.46 Å². The Morgan fingerprint density at radius 3 is 2.10 bits per heavy atom. The van der Waals surface area contributed by atoms with E-state index in [0.717, 1.165) is 16.1 Å². The molecule has 0 saturated heterocycles. The summed E-state index contributed by atoms with van der Waals surface area (Å²) in [6.07, 6.45) is -4.66. The lowest BCUT2D eigenvalue weighted by Gasteiger charge is -2.09. The van der Waals surface area contributed by atoms with Crippen LogP contribution in [-0.4, -0.2) is 6.36 Å². The minimum absolute atomic E-state index is 0.225. The van der Waals surface area contributed by atoms with Crippen LogP contribution in [0.5, 0.6) is 5.75 Å². The van der Waals surface area contributed by atoms with Gasteiger partial charge in [-0.25, -0.2) is 0 Å². The van der Waals surface area contributed by atoms with Gasteiger partial charge in [-0.2, -0.15) is 0 Å². The van der Waals surface area contributed by atoms with E-state index in [1.807, 2.05) is 31.2 Å². The molecule has 20 heavy (non-hydrogen) atoms. The third-order valence-electron chi connectivity index (χ3n) is 2.40. The van der Waals surface area contributed by atoms with Crippen LogP contribution in [-0.2, 0) is 0 Å². The molecule has 0 bridgehead atoms. The first kappa shape index (κ1) is 14.6. The molecular formula is C14H12F3NOS. The lowest BCUT2D eigenvalue weighted by Crippen LogP contribution is -2.16. The second-order valence-corrected chi connectivity index (χ2v) is 4.97. The van der Waals surface area contributed by atoms with Crippen molar-refractivity contribution >= 4 is 17.6 Å². The fourth-order valence-electron chi connectivity index (χ4n) is 1.45. The van der Waals surface area contributed by atoms with E-state index in [1.54, 1.807) is 12.1 Å². The summed E-state index contributed by atoms with van der Waals surface area (Å²) < 4.78 is 42.9. The minimum Gasteiger partial charge on any atom is -0.406 e. The zero-order valence-electron chi connectivity index (χ0n) is 10.6. The number of aryl methyl sites for hydroxylation is 1. The summed E-state index contributed by atoms with van der Waals surface area (Å²) in [6, 6.07) is 13.5. The molecule has 2 aromatic rings. The Morgan fingerprint density at radius 2 is 1.55 bits per heavy atom. The van der Waals surface area contributed by atoms with E-state index in [9.17, 15) is 13.2 Å². The third kappa shape index (κ3) is 4.70. The van der Waals surface area contributed by atoms with Crippen LogP contribution >= 0.6 is 11.9 Å². The van der Waals surface area contributed by atoms with Gasteiger partial charge in [0.05, 0.1) is 0 Å². The number of hydrogen-bond acceptors (Lipinski definition) is 3. The number of nitrogens with one attached hydrogen (secondary N) is 1. The lowest BCUT2D eigenvalue weighted by molar-refractivity contribution is -0.274. The van der Waals surface area contributed by atoms with Crippen molar-refractivity contribution in [2.45, 2.75) is 18.2 Å². The average molecular weight is 299 g/mol. The van der Waals surface area contributed by atoms with Gasteiger partial charge in [-0.1, -0.05) is 17.7 Å². The quantitative estimate of drug-likeness (QED) is 0.802. The fourth-order valence-corrected chi connectivity index (χ4v) is 2.09. The van der Waals surface area contributed by atoms with Gasteiger partial charge in [-0.15, -0.1) is 13.2 Å². The van der Waals surface area contributed by atoms with Gasteiger partial charge in [0.25, 0.3) is 0 Å². The molecule has 0 saturated carbocycles. The number of rotatable bonds is 4. The van der Waals surface area contributed by atoms with Gasteiger partial charge in [-0.3, -0.25) is 0 Å². The molecule has 0 fully saturated rings. The zero-order chi connectivity index (χ0) is 14.6. The van der Waals surface area contributed by atoms with Crippen LogP contribution in [0.4, 0.5) is 18.9 Å². The van der Waals surface area contributed by atoms with Crippen LogP contribution in [0.15, 0.2) is 53.4 Å². The number of halogens is 3. The summed E-state index contributed by atoms with van der Waals surface area (Å²) in [5.74, 6) is -0.225. The van der Waals surface area contributed by atoms with Gasteiger partial charge in [0.2, 0.25) is 0 Å². The molecule has 106 valence electrons. The number of ether oxygens (including phenoxy) is 1. The van der Waals surface area contributed by atoms with Crippen LogP contribution in [0.3, 0.4) is 0 Å². The van der Waals surface area contributed by atoms with Crippen molar-refractivity contribution in [2.75, 3.05) is 4.72 Å². The van der Waals surface area contributed by atoms with E-state index in [1.165, 1.54) is 24.1 Å². The smallest absolute Gasteiger partial charge is 0.406 e. The maximum Gasteiger partial charge on any atom is 0.573 e. The molecule has 0 heterocycles. The summed E-state index contributed by atoms with van der Waals surface area (Å²) in [5.41, 5.74) is 2.09. The van der Waals surface area contributed by atoms with E-state index in [0.29, 0.717) is 0 Å². The van der Waals surface area contributed by atoms with Crippen molar-refractivity contribution in [1.82, 2.24) is 0 Å². The van der Waals surface area contributed by atoms with Crippen molar-refractivity contribution in [1.29, 1.82) is 0 Å². The van der Waals surface area contributed by atoms with E-state index < -0.39 is 6.36 Å². The molecule has 0 amide bonds. The van der Waals surface area contributed by atoms with Crippen molar-refractivity contribution < 1.29 is 17.9 Å². The van der Waals surface area contributed by atoms with Gasteiger partial charge in [-0.05, 0) is 55.3 Å². The highest BCUT2D eigenvalue weighted by Crippen LogP contribution is 2.26. The van der Waals surface area contributed by atoms with E-state index in [4.69, 9.17) is 0 Å². The van der Waals surface area contributed by atoms with E-state index >= 15 is 0 Å². The van der Waals surface area contributed by atoms with Gasteiger partial charge in [0, 0.05) is 10.6 Å². The molecule has 2 rings (SSSR count). The molecule has 1 N–H and O–H groups in total. The number of hydrogen-bond donors (Lipinski definition) is 1. The summed E-state index contributed by atoms with van der Waals surface area (Å²) in [5, 5.41) is 0. The number of anilines is 1. The fraction of sp³-hybridized carbons (Fsp3) is 0.143. The maximum atomic E-state index is 12.0. The predicted molar refractivity (Wildman–Crippen MR) is 73.8 cm³/mol. The molecule has 2 aromatic carbocycles. The third-order valence-corrected chi connectivity index (χ3v) is 3.24. The first-order valence-electron chi connectivity index (χ1n) is 5.78. The maximum absolute atomic E-state index is 12.0. The highest BCUT2D eigenvalue weighted by Gasteiger charge is 2.30. The highest BCUT2D eigenvalue weighted by atomic mass is 32.2. The molecule has 0 spiro atoms. The average Bonchev–Trinajstić information content (AvgIpc) is 2.38. The predicted octanol–water partition coefficient (Wildman–Crippen LogP) is 5.01. The molecule has 6 heteroatoms. The van der Waals surface area contributed by atoms with E-state index in [-0.39, 0.29) is 5.75 Å². The Hall–Kier alpha value is -1.82. The van der Waals surface area contributed by atoms with Crippen molar-refractivity contribution in [3.63, 3.8) is 0 Å². The normalized spacial score (nSPS) is 11.2. The first-order chi connectivity index (χ1) is 9.42. The molecule has 2 nitrogen and oxygen atoms in total. The molecule has 0 unspecified atom stereocenters. The van der Waals surface area contributed by atoms with Crippen molar-refractivity contribution in [3.05, 3.63) is 54.1 Å². The Morgan fingerprint density at radius 1 is 0.950 bits per heavy atom. The van der Waals surface area contributed by atoms with Gasteiger partial charge in [0.15, 0.2) is 0 Å². The standard InChI is InChI=1S/C14H12F3NOS/c1-10-2-4-11(5-3-10)18-20-13-8-6-12(7-9-13)19-14(15,16)17/h2-9,18H,1H3. The minimum atomic E-state index is -4.66. The SMILES string of the molecule is Cc1ccc(NSc2ccc(OC(F)(F)F)cc2)cc1. The summed E-state index contributed by atoms with van der Waals surface area (Å²) >= 11 is 1.32. The molecule has 0 aliphatic rings. The molecule has 0 atom stereocenters. The lowest BCUT2D eigenvalue weighted by atomic mass is 10.2. The summed E-state index contributed by atoms with van der Waals surface area (Å²) in [4.78, 5) is 0.792. The van der Waals surface area contributed by atoms with Crippen molar-refractivity contribution in [2.24, 2.45) is 0 Å². The second-order valence-electron chi connectivity index (χ2n) is 4.09. The van der Waals surface area contributed by atoms with Crippen LogP contribution in [0.2, 0.25) is 0 Å². The van der Waals surface area contributed by atoms with Crippen LogP contribution in [0.1, 0.15) is 5.56 Å². The van der Waals surface area contributed by atoms with Crippen LogP contribution in [0, 0.1) is 6.92 Å². The topological polar surface area (TPSA) is 21.3 Å². The number of benzene rings is 2. The van der Waals surface area contributed by atoms with Crippen LogP contribution < -0.4 is 9.46 Å². The van der Waals surface area contributed by atoms with Gasteiger partial charge < -0.3 is 9.46 Å². The Kier molecular flexibility index (Phi) is 4.44. The number of alkyl halides is 3. The second kappa shape index (κ2) is 6.09. The summed E-state index contributed by atoms with van der Waals surface area (Å²) in [7, 11) is 0. The Bertz CT molecular complexity index is 552. The molecular weight excluding hydrogens is 287 g/mol. The Labute approximate surface area is 119 Å². The largest absolute Gasteiger partial charge is 0.573 e. The van der Waals surface area contributed by atoms with Gasteiger partial charge >= 0.3 is 6.36 Å². The van der Waals surface area contributed by atoms with Crippen molar-refractivity contribution in [3.8, 4) is 5.75 Å². The molecule has 0 aliphatic carbocycles. The summed E-state index contributed by atoms with van der Waals surface area (Å²) in [6.45, 7) is 2.00. The monoisotopic (exact) mass is 299 g/mol. The first-order valence-corrected chi connectivity index (χ1v) is 6.59. The molecule has 0 aromatic heterocycles. The molecule has 0 radical (unpaired) electrons. The van der Waals surface area contributed by atoms with Crippen LogP contribution in [0.25, 0.3) is 0 Å². The highest BCUT2D eigenvalue weighted by molar-refractivity contribution is 8.00. The zero-order valence-corrected chi connectivity index (χ0v) is 11.4. The van der Waals surface area contributed by atoms with Gasteiger partial charge in [0.1, 0.15) is 5.75 Å². The Balaban J connectivity index is 1.92.